The molecular formula is C13H19N5O2. The molecule has 0 radical (unpaired) electrons. The van der Waals surface area contributed by atoms with E-state index in [2.05, 4.69) is 20.2 Å². The summed E-state index contributed by atoms with van der Waals surface area (Å²) in [6.07, 6.45) is 4.66. The Balaban J connectivity index is 1.54. The molecule has 2 aromatic heterocycles. The van der Waals surface area contributed by atoms with Crippen molar-refractivity contribution in [1.29, 1.82) is 0 Å². The van der Waals surface area contributed by atoms with E-state index in [9.17, 15) is 0 Å². The summed E-state index contributed by atoms with van der Waals surface area (Å²) in [6, 6.07) is 1.92. The summed E-state index contributed by atoms with van der Waals surface area (Å²) in [5, 5.41) is 12.3. The van der Waals surface area contributed by atoms with Gasteiger partial charge in [0, 0.05) is 31.9 Å². The Morgan fingerprint density at radius 1 is 1.35 bits per heavy atom. The summed E-state index contributed by atoms with van der Waals surface area (Å²) in [5.41, 5.74) is 0. The first-order valence-corrected chi connectivity index (χ1v) is 6.96. The first kappa shape index (κ1) is 13.3. The maximum absolute atomic E-state index is 5.78. The zero-order valence-electron chi connectivity index (χ0n) is 11.6. The summed E-state index contributed by atoms with van der Waals surface area (Å²) < 4.78 is 13.2. The van der Waals surface area contributed by atoms with E-state index < -0.39 is 0 Å². The minimum absolute atomic E-state index is 0.150. The zero-order valence-corrected chi connectivity index (χ0v) is 11.6. The number of aromatic nitrogens is 4. The van der Waals surface area contributed by atoms with Gasteiger partial charge in [-0.25, -0.2) is 0 Å². The highest BCUT2D eigenvalue weighted by atomic mass is 16.5. The maximum atomic E-state index is 5.78. The molecule has 0 aromatic carbocycles. The lowest BCUT2D eigenvalue weighted by Crippen LogP contribution is -2.43. The van der Waals surface area contributed by atoms with E-state index in [1.807, 2.05) is 23.9 Å². The molecule has 0 saturated carbocycles. The second kappa shape index (κ2) is 6.15. The van der Waals surface area contributed by atoms with Crippen LogP contribution in [-0.2, 0) is 24.2 Å². The first-order valence-electron chi connectivity index (χ1n) is 6.96. The molecule has 1 aliphatic heterocycles. The molecule has 3 rings (SSSR count). The van der Waals surface area contributed by atoms with E-state index in [-0.39, 0.29) is 6.10 Å². The summed E-state index contributed by atoms with van der Waals surface area (Å²) in [7, 11) is 0. The summed E-state index contributed by atoms with van der Waals surface area (Å²) in [4.78, 5) is 2.28. The Kier molecular flexibility index (Phi) is 4.08. The van der Waals surface area contributed by atoms with Crippen molar-refractivity contribution in [2.24, 2.45) is 0 Å². The van der Waals surface area contributed by atoms with E-state index in [0.29, 0.717) is 18.3 Å². The standard InChI is InChI=1S/C13H19N5O2/c1-2-12-15-16-13(20-12)10-17-6-7-19-11(8-17)9-18-5-3-4-14-18/h3-5,11H,2,6-10H2,1H3/t11-/m0/s1. The molecule has 108 valence electrons. The van der Waals surface area contributed by atoms with Crippen molar-refractivity contribution in [3.63, 3.8) is 0 Å². The smallest absolute Gasteiger partial charge is 0.230 e. The fraction of sp³-hybridized carbons (Fsp3) is 0.615. The molecule has 0 unspecified atom stereocenters. The second-order valence-electron chi connectivity index (χ2n) is 4.90. The lowest BCUT2D eigenvalue weighted by atomic mass is 10.2. The van der Waals surface area contributed by atoms with E-state index in [1.54, 1.807) is 6.20 Å². The Morgan fingerprint density at radius 2 is 2.25 bits per heavy atom. The van der Waals surface area contributed by atoms with Crippen LogP contribution in [0, 0.1) is 0 Å². The summed E-state index contributed by atoms with van der Waals surface area (Å²) in [5.74, 6) is 1.38. The molecule has 0 spiro atoms. The van der Waals surface area contributed by atoms with Crippen LogP contribution in [0.4, 0.5) is 0 Å². The van der Waals surface area contributed by atoms with Crippen LogP contribution in [0.2, 0.25) is 0 Å². The Labute approximate surface area is 117 Å². The molecule has 0 amide bonds. The molecule has 1 fully saturated rings. The SMILES string of the molecule is CCc1nnc(CN2CCO[C@H](Cn3cccn3)C2)o1. The molecule has 3 heterocycles. The molecule has 1 atom stereocenters. The number of rotatable bonds is 5. The predicted octanol–water partition coefficient (Wildman–Crippen LogP) is 0.729. The van der Waals surface area contributed by atoms with Crippen LogP contribution in [0.15, 0.2) is 22.9 Å². The van der Waals surface area contributed by atoms with Crippen molar-refractivity contribution in [2.75, 3.05) is 19.7 Å². The minimum Gasteiger partial charge on any atom is -0.424 e. The number of morpholine rings is 1. The fourth-order valence-electron chi connectivity index (χ4n) is 2.34. The van der Waals surface area contributed by atoms with Gasteiger partial charge in [0.15, 0.2) is 0 Å². The van der Waals surface area contributed by atoms with Crippen LogP contribution < -0.4 is 0 Å². The largest absolute Gasteiger partial charge is 0.424 e. The number of ether oxygens (including phenoxy) is 1. The predicted molar refractivity (Wildman–Crippen MR) is 70.9 cm³/mol. The van der Waals surface area contributed by atoms with Gasteiger partial charge in [-0.1, -0.05) is 6.92 Å². The van der Waals surface area contributed by atoms with Gasteiger partial charge in [-0.15, -0.1) is 10.2 Å². The van der Waals surface area contributed by atoms with Gasteiger partial charge < -0.3 is 9.15 Å². The van der Waals surface area contributed by atoms with Gasteiger partial charge in [0.05, 0.1) is 25.8 Å². The Morgan fingerprint density at radius 3 is 3.00 bits per heavy atom. The molecule has 0 aliphatic carbocycles. The van der Waals surface area contributed by atoms with Gasteiger partial charge in [-0.3, -0.25) is 9.58 Å². The lowest BCUT2D eigenvalue weighted by Gasteiger charge is -2.31. The van der Waals surface area contributed by atoms with Crippen LogP contribution in [-0.4, -0.2) is 50.7 Å². The monoisotopic (exact) mass is 277 g/mol. The van der Waals surface area contributed by atoms with E-state index in [1.165, 1.54) is 0 Å². The number of hydrogen-bond donors (Lipinski definition) is 0. The highest BCUT2D eigenvalue weighted by Crippen LogP contribution is 2.11. The first-order chi connectivity index (χ1) is 9.83. The molecule has 1 saturated heterocycles. The molecule has 20 heavy (non-hydrogen) atoms. The molecular weight excluding hydrogens is 258 g/mol. The van der Waals surface area contributed by atoms with Crippen molar-refractivity contribution < 1.29 is 9.15 Å². The third-order valence-corrected chi connectivity index (χ3v) is 3.34. The van der Waals surface area contributed by atoms with Crippen LogP contribution in [0.5, 0.6) is 0 Å². The van der Waals surface area contributed by atoms with E-state index in [4.69, 9.17) is 9.15 Å². The highest BCUT2D eigenvalue weighted by molar-refractivity contribution is 4.84. The highest BCUT2D eigenvalue weighted by Gasteiger charge is 2.22. The summed E-state index contributed by atoms with van der Waals surface area (Å²) >= 11 is 0. The van der Waals surface area contributed by atoms with Crippen LogP contribution >= 0.6 is 0 Å². The molecule has 2 aromatic rings. The molecule has 0 N–H and O–H groups in total. The molecule has 7 heteroatoms. The number of hydrogen-bond acceptors (Lipinski definition) is 6. The lowest BCUT2D eigenvalue weighted by molar-refractivity contribution is -0.0423. The van der Waals surface area contributed by atoms with Crippen molar-refractivity contribution in [3.05, 3.63) is 30.2 Å². The average molecular weight is 277 g/mol. The molecule has 1 aliphatic rings. The van der Waals surface area contributed by atoms with Crippen molar-refractivity contribution in [1.82, 2.24) is 24.9 Å². The van der Waals surface area contributed by atoms with Crippen molar-refractivity contribution >= 4 is 0 Å². The maximum Gasteiger partial charge on any atom is 0.230 e. The molecule has 7 nitrogen and oxygen atoms in total. The quantitative estimate of drug-likeness (QED) is 0.802. The topological polar surface area (TPSA) is 69.2 Å². The van der Waals surface area contributed by atoms with Gasteiger partial charge in [0.2, 0.25) is 11.8 Å². The minimum atomic E-state index is 0.150. The number of aryl methyl sites for hydroxylation is 1. The molecule has 0 bridgehead atoms. The van der Waals surface area contributed by atoms with Crippen LogP contribution in [0.25, 0.3) is 0 Å². The third kappa shape index (κ3) is 3.23. The Hall–Kier alpha value is -1.73. The normalized spacial score (nSPS) is 20.4. The van der Waals surface area contributed by atoms with Crippen LogP contribution in [0.1, 0.15) is 18.7 Å². The zero-order chi connectivity index (χ0) is 13.8. The van der Waals surface area contributed by atoms with E-state index >= 15 is 0 Å². The fourth-order valence-corrected chi connectivity index (χ4v) is 2.34. The van der Waals surface area contributed by atoms with E-state index in [0.717, 1.165) is 32.7 Å². The second-order valence-corrected chi connectivity index (χ2v) is 4.90. The van der Waals surface area contributed by atoms with Crippen LogP contribution in [0.3, 0.4) is 0 Å². The van der Waals surface area contributed by atoms with Crippen molar-refractivity contribution in [2.45, 2.75) is 32.5 Å². The van der Waals surface area contributed by atoms with Gasteiger partial charge in [-0.05, 0) is 6.07 Å². The number of nitrogens with zero attached hydrogens (tertiary/aromatic N) is 5. The van der Waals surface area contributed by atoms with Gasteiger partial charge >= 0.3 is 0 Å². The Bertz CT molecular complexity index is 525. The van der Waals surface area contributed by atoms with Gasteiger partial charge in [-0.2, -0.15) is 5.10 Å². The third-order valence-electron chi connectivity index (χ3n) is 3.34. The van der Waals surface area contributed by atoms with Gasteiger partial charge in [0.1, 0.15) is 0 Å². The average Bonchev–Trinajstić information content (AvgIpc) is 3.11. The van der Waals surface area contributed by atoms with Gasteiger partial charge in [0.25, 0.3) is 0 Å². The summed E-state index contributed by atoms with van der Waals surface area (Å²) in [6.45, 7) is 5.93. The van der Waals surface area contributed by atoms with Crippen molar-refractivity contribution in [3.8, 4) is 0 Å².